The van der Waals surface area contributed by atoms with E-state index in [0.717, 1.165) is 5.56 Å². The van der Waals surface area contributed by atoms with Crippen LogP contribution in [-0.2, 0) is 13.6 Å². The van der Waals surface area contributed by atoms with Crippen molar-refractivity contribution in [2.75, 3.05) is 13.2 Å². The molecule has 176 valence electrons. The van der Waals surface area contributed by atoms with Gasteiger partial charge in [-0.05, 0) is 19.4 Å². The Morgan fingerprint density at radius 3 is 1.56 bits per heavy atom. The molecule has 1 unspecified atom stereocenters. The predicted molar refractivity (Wildman–Crippen MR) is 134 cm³/mol. The molecule has 0 fully saturated rings. The molecule has 0 aromatic heterocycles. The summed E-state index contributed by atoms with van der Waals surface area (Å²) in [7, 11) is -3.54. The third kappa shape index (κ3) is 6.48. The smallest absolute Gasteiger partial charge is 0.306 e. The zero-order valence-corrected chi connectivity index (χ0v) is 20.3. The molecule has 0 saturated carbocycles. The topological polar surface area (TPSA) is 69.7 Å². The molecule has 0 saturated heterocycles. The molecule has 3 aromatic carbocycles. The number of carbonyl (C=O) groups excluding carboxylic acids is 2. The van der Waals surface area contributed by atoms with Crippen molar-refractivity contribution in [3.63, 3.8) is 0 Å². The van der Waals surface area contributed by atoms with Crippen molar-refractivity contribution in [2.45, 2.75) is 19.8 Å². The largest absolute Gasteiger partial charge is 0.353 e. The van der Waals surface area contributed by atoms with Crippen molar-refractivity contribution in [3.05, 3.63) is 120 Å². The summed E-state index contributed by atoms with van der Waals surface area (Å²) in [5.41, 5.74) is 1.62. The second kappa shape index (κ2) is 12.4. The summed E-state index contributed by atoms with van der Waals surface area (Å²) in [4.78, 5) is 27.5. The molecule has 0 amide bonds. The van der Waals surface area contributed by atoms with E-state index in [1.165, 1.54) is 5.82 Å². The Balaban J connectivity index is 2.15. The normalized spacial score (nSPS) is 12.7. The highest BCUT2D eigenvalue weighted by Gasteiger charge is 2.36. The molecule has 3 rings (SSSR count). The van der Waals surface area contributed by atoms with E-state index in [-0.39, 0.29) is 24.8 Å². The van der Waals surface area contributed by atoms with Crippen molar-refractivity contribution in [1.29, 1.82) is 0 Å². The van der Waals surface area contributed by atoms with Crippen LogP contribution in [-0.4, -0.2) is 24.8 Å². The summed E-state index contributed by atoms with van der Waals surface area (Å²) in [6.07, 6.45) is 1.62. The predicted octanol–water partition coefficient (Wildman–Crippen LogP) is 6.93. The molecule has 5 nitrogen and oxygen atoms in total. The molecule has 0 radical (unpaired) electrons. The lowest BCUT2D eigenvalue weighted by Crippen LogP contribution is -2.30. The summed E-state index contributed by atoms with van der Waals surface area (Å²) >= 11 is 0. The number of Topliss-reactive ketones (excluding diaryl/α,β-unsaturated/α-hetero) is 2. The number of hydrogen-bond acceptors (Lipinski definition) is 5. The molecule has 0 aliphatic heterocycles. The molecule has 0 bridgehead atoms. The van der Waals surface area contributed by atoms with Gasteiger partial charge in [-0.25, -0.2) is 0 Å². The maximum absolute atomic E-state index is 13.8. The fourth-order valence-corrected chi connectivity index (χ4v) is 5.14. The van der Waals surface area contributed by atoms with Crippen molar-refractivity contribution in [1.82, 2.24) is 0 Å². The van der Waals surface area contributed by atoms with Crippen LogP contribution in [0.1, 0.15) is 46.0 Å². The minimum Gasteiger partial charge on any atom is -0.306 e. The third-order valence-corrected chi connectivity index (χ3v) is 7.09. The number of allylic oxidation sites excluding steroid dienone is 1. The molecule has 3 aromatic rings. The van der Waals surface area contributed by atoms with Crippen LogP contribution in [0.2, 0.25) is 0 Å². The Hall–Kier alpha value is -3.11. The van der Waals surface area contributed by atoms with Gasteiger partial charge in [0.05, 0.1) is 19.1 Å². The van der Waals surface area contributed by atoms with Gasteiger partial charge in [0.2, 0.25) is 0 Å². The molecule has 0 N–H and O–H groups in total. The molecule has 1 atom stereocenters. The minimum atomic E-state index is -3.54. The number of carbonyl (C=O) groups is 2. The first kappa shape index (κ1) is 25.5. The van der Waals surface area contributed by atoms with E-state index in [1.54, 1.807) is 68.5 Å². The van der Waals surface area contributed by atoms with E-state index < -0.39 is 19.4 Å². The number of ketones is 2. The van der Waals surface area contributed by atoms with Gasteiger partial charge in [-0.1, -0.05) is 97.1 Å². The van der Waals surface area contributed by atoms with Gasteiger partial charge < -0.3 is 9.05 Å². The van der Waals surface area contributed by atoms with Crippen LogP contribution in [0, 0.1) is 5.92 Å². The Bertz CT molecular complexity index is 1080. The Morgan fingerprint density at radius 2 is 1.15 bits per heavy atom. The Kier molecular flexibility index (Phi) is 9.29. The average molecular weight is 477 g/mol. The zero-order chi connectivity index (χ0) is 24.4. The quantitative estimate of drug-likeness (QED) is 0.161. The van der Waals surface area contributed by atoms with Crippen LogP contribution in [0.5, 0.6) is 0 Å². The van der Waals surface area contributed by atoms with E-state index in [2.05, 4.69) is 0 Å². The maximum atomic E-state index is 13.8. The first-order valence-corrected chi connectivity index (χ1v) is 12.9. The maximum Gasteiger partial charge on any atom is 0.353 e. The summed E-state index contributed by atoms with van der Waals surface area (Å²) < 4.78 is 24.0. The van der Waals surface area contributed by atoms with E-state index in [9.17, 15) is 14.2 Å². The summed E-state index contributed by atoms with van der Waals surface area (Å²) in [6, 6.07) is 26.8. The van der Waals surface area contributed by atoms with Crippen molar-refractivity contribution >= 4 is 19.2 Å². The monoisotopic (exact) mass is 476 g/mol. The molecule has 0 aliphatic rings. The highest BCUT2D eigenvalue weighted by atomic mass is 31.2. The Morgan fingerprint density at radius 1 is 0.735 bits per heavy atom. The van der Waals surface area contributed by atoms with Gasteiger partial charge >= 0.3 is 7.60 Å². The van der Waals surface area contributed by atoms with Gasteiger partial charge in [-0.2, -0.15) is 0 Å². The van der Waals surface area contributed by atoms with Gasteiger partial charge in [-0.15, -0.1) is 0 Å². The molecule has 0 heterocycles. The molecular formula is C28H29O5P. The van der Waals surface area contributed by atoms with E-state index in [1.807, 2.05) is 42.5 Å². The van der Waals surface area contributed by atoms with Crippen LogP contribution in [0.3, 0.4) is 0 Å². The lowest BCUT2D eigenvalue weighted by Gasteiger charge is -2.24. The zero-order valence-electron chi connectivity index (χ0n) is 19.4. The first-order valence-electron chi connectivity index (χ1n) is 11.3. The van der Waals surface area contributed by atoms with Crippen LogP contribution < -0.4 is 0 Å². The standard InChI is InChI=1S/C28H29O5P/c1-3-32-34(31,33-4-2)21-20-25(22-14-8-5-9-15-22)26(27(29)23-16-10-6-11-17-23)28(30)24-18-12-7-13-19-24/h5-21,25-26H,3-4H2,1-2H3/b21-20+. The van der Waals surface area contributed by atoms with Crippen molar-refractivity contribution < 1.29 is 23.2 Å². The lowest BCUT2D eigenvalue weighted by atomic mass is 9.77. The average Bonchev–Trinajstić information content (AvgIpc) is 2.88. The van der Waals surface area contributed by atoms with Gasteiger partial charge in [0, 0.05) is 22.9 Å². The Labute approximate surface area is 201 Å². The summed E-state index contributed by atoms with van der Waals surface area (Å²) in [6.45, 7) is 3.86. The van der Waals surface area contributed by atoms with Gasteiger partial charge in [-0.3, -0.25) is 14.2 Å². The lowest BCUT2D eigenvalue weighted by molar-refractivity contribution is 0.0794. The molecule has 6 heteroatoms. The number of rotatable bonds is 12. The fraction of sp³-hybridized carbons (Fsp3) is 0.214. The number of benzene rings is 3. The second-order valence-corrected chi connectivity index (χ2v) is 9.49. The van der Waals surface area contributed by atoms with E-state index in [4.69, 9.17) is 9.05 Å². The van der Waals surface area contributed by atoms with Crippen LogP contribution in [0.25, 0.3) is 0 Å². The second-order valence-electron chi connectivity index (χ2n) is 7.59. The highest BCUT2D eigenvalue weighted by molar-refractivity contribution is 7.57. The summed E-state index contributed by atoms with van der Waals surface area (Å²) in [5.74, 6) is -0.997. The van der Waals surface area contributed by atoms with Crippen molar-refractivity contribution in [2.24, 2.45) is 5.92 Å². The third-order valence-electron chi connectivity index (χ3n) is 5.32. The van der Waals surface area contributed by atoms with Crippen LogP contribution >= 0.6 is 7.60 Å². The molecule has 0 spiro atoms. The van der Waals surface area contributed by atoms with Gasteiger partial charge in [0.25, 0.3) is 0 Å². The van der Waals surface area contributed by atoms with Gasteiger partial charge in [0.1, 0.15) is 0 Å². The molecular weight excluding hydrogens is 447 g/mol. The first-order chi connectivity index (χ1) is 16.5. The molecule has 34 heavy (non-hydrogen) atoms. The minimum absolute atomic E-state index is 0.201. The SMILES string of the molecule is CCOP(=O)(/C=C/C(c1ccccc1)C(C(=O)c1ccccc1)C(=O)c1ccccc1)OCC. The van der Waals surface area contributed by atoms with Crippen LogP contribution in [0.15, 0.2) is 103 Å². The van der Waals surface area contributed by atoms with E-state index in [0.29, 0.717) is 11.1 Å². The van der Waals surface area contributed by atoms with E-state index >= 15 is 0 Å². The fourth-order valence-electron chi connectivity index (χ4n) is 3.78. The number of hydrogen-bond donors (Lipinski definition) is 0. The highest BCUT2D eigenvalue weighted by Crippen LogP contribution is 2.50. The van der Waals surface area contributed by atoms with Gasteiger partial charge in [0.15, 0.2) is 11.6 Å². The molecule has 0 aliphatic carbocycles. The summed E-state index contributed by atoms with van der Waals surface area (Å²) in [5, 5.41) is 0. The van der Waals surface area contributed by atoms with Crippen molar-refractivity contribution in [3.8, 4) is 0 Å². The van der Waals surface area contributed by atoms with Crippen LogP contribution in [0.4, 0.5) is 0 Å².